The predicted molar refractivity (Wildman–Crippen MR) is 96.4 cm³/mol. The Morgan fingerprint density at radius 3 is 2.60 bits per heavy atom. The Kier molecular flexibility index (Phi) is 3.90. The van der Waals surface area contributed by atoms with Crippen LogP contribution in [0.1, 0.15) is 5.56 Å². The van der Waals surface area contributed by atoms with Crippen LogP contribution in [0.3, 0.4) is 0 Å². The Balaban J connectivity index is 2.18. The van der Waals surface area contributed by atoms with Crippen LogP contribution in [0.2, 0.25) is 10.2 Å². The van der Waals surface area contributed by atoms with Crippen LogP contribution in [0.4, 0.5) is 4.39 Å². The van der Waals surface area contributed by atoms with Gasteiger partial charge in [0, 0.05) is 11.1 Å². The molecule has 0 aliphatic carbocycles. The minimum Gasteiger partial charge on any atom is -0.206 e. The van der Waals surface area contributed by atoms with Gasteiger partial charge in [0.2, 0.25) is 0 Å². The van der Waals surface area contributed by atoms with E-state index in [0.717, 1.165) is 11.1 Å². The van der Waals surface area contributed by atoms with Gasteiger partial charge in [-0.2, -0.15) is 19.6 Å². The van der Waals surface area contributed by atoms with Crippen LogP contribution < -0.4 is 0 Å². The van der Waals surface area contributed by atoms with Crippen molar-refractivity contribution in [3.8, 4) is 22.4 Å². The summed E-state index contributed by atoms with van der Waals surface area (Å²) in [4.78, 5) is 8.33. The third-order valence-corrected chi connectivity index (χ3v) is 4.48. The van der Waals surface area contributed by atoms with Crippen molar-refractivity contribution in [2.75, 3.05) is 0 Å². The molecule has 0 saturated carbocycles. The number of nitrogens with zero attached hydrogens (tertiary/aromatic N) is 4. The molecule has 0 atom stereocenters. The summed E-state index contributed by atoms with van der Waals surface area (Å²) in [5.41, 5.74) is 3.02. The quantitative estimate of drug-likeness (QED) is 0.453. The molecule has 0 aliphatic heterocycles. The average molecular weight is 373 g/mol. The molecular formula is C18H11Cl2FN4. The van der Waals surface area contributed by atoms with Crippen LogP contribution in [0.5, 0.6) is 0 Å². The molecule has 4 rings (SSSR count). The number of aromatic nitrogens is 4. The van der Waals surface area contributed by atoms with Crippen molar-refractivity contribution in [3.05, 3.63) is 70.3 Å². The first-order valence-corrected chi connectivity index (χ1v) is 8.22. The first kappa shape index (κ1) is 16.0. The maximum atomic E-state index is 14.6. The highest BCUT2D eigenvalue weighted by molar-refractivity contribution is 6.36. The van der Waals surface area contributed by atoms with Crippen molar-refractivity contribution >= 4 is 29.0 Å². The first-order valence-electron chi connectivity index (χ1n) is 7.47. The molecule has 25 heavy (non-hydrogen) atoms. The van der Waals surface area contributed by atoms with E-state index in [9.17, 15) is 4.39 Å². The molecule has 0 N–H and O–H groups in total. The highest BCUT2D eigenvalue weighted by Crippen LogP contribution is 2.41. The van der Waals surface area contributed by atoms with Crippen LogP contribution >= 0.6 is 23.2 Å². The fourth-order valence-electron chi connectivity index (χ4n) is 2.83. The topological polar surface area (TPSA) is 43.1 Å². The molecule has 2 heterocycles. The molecule has 0 bridgehead atoms. The SMILES string of the molecule is Cc1cccc(-c2c(-c3c(F)cccc3Cl)c(Cl)nc3ncnn23)c1. The average Bonchev–Trinajstić information content (AvgIpc) is 3.02. The number of halogens is 3. The third-order valence-electron chi connectivity index (χ3n) is 3.89. The molecule has 4 aromatic rings. The monoisotopic (exact) mass is 372 g/mol. The third kappa shape index (κ3) is 2.65. The number of benzene rings is 2. The van der Waals surface area contributed by atoms with Crippen molar-refractivity contribution in [1.82, 2.24) is 19.6 Å². The van der Waals surface area contributed by atoms with Gasteiger partial charge in [0.1, 0.15) is 17.3 Å². The number of aryl methyl sites for hydroxylation is 1. The van der Waals surface area contributed by atoms with Gasteiger partial charge in [0.05, 0.1) is 16.3 Å². The van der Waals surface area contributed by atoms with Crippen molar-refractivity contribution in [1.29, 1.82) is 0 Å². The molecule has 0 amide bonds. The van der Waals surface area contributed by atoms with E-state index in [4.69, 9.17) is 23.2 Å². The van der Waals surface area contributed by atoms with Gasteiger partial charge in [-0.3, -0.25) is 0 Å². The molecule has 0 unspecified atom stereocenters. The van der Waals surface area contributed by atoms with Crippen LogP contribution in [0.25, 0.3) is 28.2 Å². The summed E-state index contributed by atoms with van der Waals surface area (Å²) < 4.78 is 16.1. The highest BCUT2D eigenvalue weighted by atomic mass is 35.5. The zero-order valence-corrected chi connectivity index (χ0v) is 14.6. The maximum absolute atomic E-state index is 14.6. The molecule has 124 valence electrons. The largest absolute Gasteiger partial charge is 0.254 e. The van der Waals surface area contributed by atoms with E-state index in [2.05, 4.69) is 15.1 Å². The summed E-state index contributed by atoms with van der Waals surface area (Å²) in [7, 11) is 0. The van der Waals surface area contributed by atoms with Gasteiger partial charge in [-0.1, -0.05) is 53.0 Å². The van der Waals surface area contributed by atoms with Gasteiger partial charge < -0.3 is 0 Å². The summed E-state index contributed by atoms with van der Waals surface area (Å²) in [6.07, 6.45) is 1.38. The van der Waals surface area contributed by atoms with Crippen molar-refractivity contribution in [2.24, 2.45) is 0 Å². The predicted octanol–water partition coefficient (Wildman–Crippen LogP) is 5.21. The van der Waals surface area contributed by atoms with E-state index in [1.54, 1.807) is 16.6 Å². The summed E-state index contributed by atoms with van der Waals surface area (Å²) in [6, 6.07) is 12.2. The smallest absolute Gasteiger partial charge is 0.206 e. The maximum Gasteiger partial charge on any atom is 0.254 e. The van der Waals surface area contributed by atoms with E-state index < -0.39 is 5.82 Å². The van der Waals surface area contributed by atoms with Gasteiger partial charge in [0.15, 0.2) is 0 Å². The van der Waals surface area contributed by atoms with Gasteiger partial charge >= 0.3 is 0 Å². The number of rotatable bonds is 2. The van der Waals surface area contributed by atoms with Crippen LogP contribution in [-0.2, 0) is 0 Å². The van der Waals surface area contributed by atoms with Gasteiger partial charge in [-0.15, -0.1) is 0 Å². The van der Waals surface area contributed by atoms with Crippen molar-refractivity contribution in [3.63, 3.8) is 0 Å². The van der Waals surface area contributed by atoms with Crippen molar-refractivity contribution in [2.45, 2.75) is 6.92 Å². The normalized spacial score (nSPS) is 11.2. The fraction of sp³-hybridized carbons (Fsp3) is 0.0556. The Morgan fingerprint density at radius 2 is 1.84 bits per heavy atom. The Bertz CT molecular complexity index is 1090. The van der Waals surface area contributed by atoms with E-state index in [-0.39, 0.29) is 15.7 Å². The second kappa shape index (κ2) is 6.10. The van der Waals surface area contributed by atoms with Crippen LogP contribution in [0, 0.1) is 12.7 Å². The first-order chi connectivity index (χ1) is 12.1. The lowest BCUT2D eigenvalue weighted by Crippen LogP contribution is -2.03. The van der Waals surface area contributed by atoms with E-state index in [1.165, 1.54) is 12.4 Å². The Labute approximate surface area is 152 Å². The molecule has 7 heteroatoms. The lowest BCUT2D eigenvalue weighted by atomic mass is 9.99. The summed E-state index contributed by atoms with van der Waals surface area (Å²) in [6.45, 7) is 1.97. The minimum atomic E-state index is -0.482. The summed E-state index contributed by atoms with van der Waals surface area (Å²) in [5, 5.41) is 4.59. The van der Waals surface area contributed by atoms with Crippen molar-refractivity contribution < 1.29 is 4.39 Å². The van der Waals surface area contributed by atoms with E-state index in [1.807, 2.05) is 31.2 Å². The Hall–Kier alpha value is -2.50. The number of hydrogen-bond donors (Lipinski definition) is 0. The van der Waals surface area contributed by atoms with Crippen LogP contribution in [0.15, 0.2) is 48.8 Å². The summed E-state index contributed by atoms with van der Waals surface area (Å²) in [5.74, 6) is -0.151. The molecule has 0 spiro atoms. The molecule has 2 aromatic carbocycles. The van der Waals surface area contributed by atoms with E-state index in [0.29, 0.717) is 17.0 Å². The zero-order valence-electron chi connectivity index (χ0n) is 13.0. The lowest BCUT2D eigenvalue weighted by molar-refractivity contribution is 0.631. The number of hydrogen-bond acceptors (Lipinski definition) is 3. The van der Waals surface area contributed by atoms with Gasteiger partial charge in [0.25, 0.3) is 5.78 Å². The van der Waals surface area contributed by atoms with Gasteiger partial charge in [-0.25, -0.2) is 4.39 Å². The Morgan fingerprint density at radius 1 is 1.04 bits per heavy atom. The lowest BCUT2D eigenvalue weighted by Gasteiger charge is -2.15. The molecule has 0 radical (unpaired) electrons. The van der Waals surface area contributed by atoms with Crippen LogP contribution in [-0.4, -0.2) is 19.6 Å². The standard InChI is InChI=1S/C18H11Cl2FN4/c1-10-4-2-5-11(8-10)16-15(14-12(19)6-3-7-13(14)21)17(20)24-18-22-9-23-25(16)18/h2-9H,1H3. The van der Waals surface area contributed by atoms with E-state index >= 15 is 0 Å². The zero-order chi connectivity index (χ0) is 17.6. The second-order valence-corrected chi connectivity index (χ2v) is 6.33. The summed E-state index contributed by atoms with van der Waals surface area (Å²) >= 11 is 12.7. The molecular weight excluding hydrogens is 362 g/mol. The molecule has 0 fully saturated rings. The van der Waals surface area contributed by atoms with Gasteiger partial charge in [-0.05, 0) is 25.1 Å². The number of fused-ring (bicyclic) bond motifs is 1. The molecule has 2 aromatic heterocycles. The fourth-order valence-corrected chi connectivity index (χ4v) is 3.35. The highest BCUT2D eigenvalue weighted by Gasteiger charge is 2.23. The molecule has 4 nitrogen and oxygen atoms in total. The molecule has 0 aliphatic rings. The molecule has 0 saturated heterocycles. The minimum absolute atomic E-state index is 0.115. The second-order valence-electron chi connectivity index (χ2n) is 5.56.